The molecule has 3 atom stereocenters. The minimum absolute atomic E-state index is 0.00885. The molecule has 0 amide bonds. The first-order valence-corrected chi connectivity index (χ1v) is 10.4. The number of benzene rings is 3. The Bertz CT molecular complexity index is 972. The van der Waals surface area contributed by atoms with E-state index in [0.717, 1.165) is 24.5 Å². The van der Waals surface area contributed by atoms with Crippen LogP contribution in [0.4, 0.5) is 0 Å². The molecule has 0 aliphatic carbocycles. The second-order valence-corrected chi connectivity index (χ2v) is 7.89. The van der Waals surface area contributed by atoms with Crippen LogP contribution in [0.3, 0.4) is 0 Å². The quantitative estimate of drug-likeness (QED) is 0.653. The second kappa shape index (κ2) is 8.90. The fourth-order valence-corrected chi connectivity index (χ4v) is 4.54. The van der Waals surface area contributed by atoms with Gasteiger partial charge in [0.25, 0.3) is 0 Å². The van der Waals surface area contributed by atoms with Crippen LogP contribution in [0.1, 0.15) is 35.2 Å². The van der Waals surface area contributed by atoms with Crippen molar-refractivity contribution in [1.29, 1.82) is 0 Å². The van der Waals surface area contributed by atoms with Gasteiger partial charge in [0.05, 0.1) is 26.4 Å². The number of fused-ring (bicyclic) bond motifs is 1. The van der Waals surface area contributed by atoms with Crippen LogP contribution in [0.25, 0.3) is 0 Å². The largest absolute Gasteiger partial charge is 0.493 e. The molecule has 3 aromatic rings. The van der Waals surface area contributed by atoms with Crippen molar-refractivity contribution in [3.63, 3.8) is 0 Å². The van der Waals surface area contributed by atoms with Crippen LogP contribution in [0.5, 0.6) is 11.5 Å². The van der Waals surface area contributed by atoms with E-state index in [1.807, 2.05) is 19.1 Å². The lowest BCUT2D eigenvalue weighted by Gasteiger charge is -2.45. The Labute approximate surface area is 178 Å². The minimum Gasteiger partial charge on any atom is -0.493 e. The first kappa shape index (κ1) is 20.5. The van der Waals surface area contributed by atoms with E-state index in [0.29, 0.717) is 0 Å². The molecule has 4 nitrogen and oxygen atoms in total. The van der Waals surface area contributed by atoms with E-state index < -0.39 is 6.10 Å². The van der Waals surface area contributed by atoms with Crippen molar-refractivity contribution in [3.8, 4) is 11.5 Å². The van der Waals surface area contributed by atoms with E-state index in [9.17, 15) is 5.11 Å². The van der Waals surface area contributed by atoms with Crippen LogP contribution in [0, 0.1) is 0 Å². The average molecular weight is 404 g/mol. The number of methoxy groups -OCH3 is 2. The topological polar surface area (TPSA) is 41.9 Å². The first-order valence-electron chi connectivity index (χ1n) is 10.4. The number of hydrogen-bond acceptors (Lipinski definition) is 4. The van der Waals surface area contributed by atoms with Gasteiger partial charge < -0.3 is 14.6 Å². The van der Waals surface area contributed by atoms with Crippen molar-refractivity contribution in [2.24, 2.45) is 0 Å². The van der Waals surface area contributed by atoms with E-state index in [4.69, 9.17) is 9.47 Å². The lowest BCUT2D eigenvalue weighted by molar-refractivity contribution is 0.0284. The molecule has 0 aromatic heterocycles. The van der Waals surface area contributed by atoms with Crippen molar-refractivity contribution < 1.29 is 14.6 Å². The summed E-state index contributed by atoms with van der Waals surface area (Å²) in [5.74, 6) is 1.45. The third kappa shape index (κ3) is 3.93. The molecule has 1 aliphatic heterocycles. The molecular formula is C26H29NO3. The predicted molar refractivity (Wildman–Crippen MR) is 119 cm³/mol. The molecule has 156 valence electrons. The summed E-state index contributed by atoms with van der Waals surface area (Å²) >= 11 is 0. The van der Waals surface area contributed by atoms with Crippen LogP contribution in [-0.2, 0) is 13.0 Å². The summed E-state index contributed by atoms with van der Waals surface area (Å²) in [6, 6.07) is 25.1. The van der Waals surface area contributed by atoms with E-state index in [-0.39, 0.29) is 12.1 Å². The Morgan fingerprint density at radius 2 is 1.53 bits per heavy atom. The normalized spacial score (nSPS) is 19.7. The maximum absolute atomic E-state index is 10.7. The first-order chi connectivity index (χ1) is 14.6. The van der Waals surface area contributed by atoms with E-state index in [1.54, 1.807) is 14.2 Å². The molecule has 4 rings (SSSR count). The molecule has 0 bridgehead atoms. The van der Waals surface area contributed by atoms with Gasteiger partial charge in [-0.2, -0.15) is 0 Å². The monoisotopic (exact) mass is 403 g/mol. The van der Waals surface area contributed by atoms with E-state index in [2.05, 4.69) is 65.6 Å². The average Bonchev–Trinajstić information content (AvgIpc) is 2.78. The zero-order valence-corrected chi connectivity index (χ0v) is 17.8. The molecule has 30 heavy (non-hydrogen) atoms. The highest BCUT2D eigenvalue weighted by atomic mass is 16.5. The number of rotatable bonds is 6. The summed E-state index contributed by atoms with van der Waals surface area (Å²) in [4.78, 5) is 2.42. The molecule has 1 heterocycles. The molecule has 0 fully saturated rings. The molecule has 0 spiro atoms. The van der Waals surface area contributed by atoms with Crippen LogP contribution in [0.15, 0.2) is 72.8 Å². The molecule has 3 aromatic carbocycles. The maximum atomic E-state index is 10.7. The number of aliphatic hydroxyl groups excluding tert-OH is 1. The van der Waals surface area contributed by atoms with Crippen LogP contribution >= 0.6 is 0 Å². The summed E-state index contributed by atoms with van der Waals surface area (Å²) in [6.45, 7) is 2.64. The van der Waals surface area contributed by atoms with Crippen molar-refractivity contribution >= 4 is 0 Å². The third-order valence-electron chi connectivity index (χ3n) is 6.01. The zero-order valence-electron chi connectivity index (χ0n) is 17.8. The molecule has 1 N–H and O–H groups in total. The molecule has 1 aliphatic rings. The van der Waals surface area contributed by atoms with Gasteiger partial charge in [0.2, 0.25) is 0 Å². The Hall–Kier alpha value is -2.82. The highest BCUT2D eigenvalue weighted by Gasteiger charge is 2.38. The molecule has 0 saturated heterocycles. The fraction of sp³-hybridized carbons (Fsp3) is 0.308. The molecule has 0 unspecified atom stereocenters. The Balaban J connectivity index is 1.88. The predicted octanol–water partition coefficient (Wildman–Crippen LogP) is 4.60. The summed E-state index contributed by atoms with van der Waals surface area (Å²) in [7, 11) is 3.33. The third-order valence-corrected chi connectivity index (χ3v) is 6.01. The van der Waals surface area contributed by atoms with Gasteiger partial charge in [0.15, 0.2) is 11.5 Å². The second-order valence-electron chi connectivity index (χ2n) is 7.89. The van der Waals surface area contributed by atoms with Gasteiger partial charge in [-0.05, 0) is 47.7 Å². The van der Waals surface area contributed by atoms with Gasteiger partial charge in [-0.25, -0.2) is 0 Å². The zero-order chi connectivity index (χ0) is 21.1. The van der Waals surface area contributed by atoms with Crippen molar-refractivity contribution in [2.45, 2.75) is 38.1 Å². The Kier molecular flexibility index (Phi) is 6.07. The van der Waals surface area contributed by atoms with Crippen LogP contribution in [-0.4, -0.2) is 36.4 Å². The van der Waals surface area contributed by atoms with Crippen LogP contribution < -0.4 is 9.47 Å². The highest BCUT2D eigenvalue weighted by molar-refractivity contribution is 5.52. The van der Waals surface area contributed by atoms with Crippen molar-refractivity contribution in [1.82, 2.24) is 4.90 Å². The molecule has 0 saturated carbocycles. The summed E-state index contributed by atoms with van der Waals surface area (Å²) in [5, 5.41) is 10.7. The number of ether oxygens (including phenoxy) is 2. The van der Waals surface area contributed by atoms with Gasteiger partial charge >= 0.3 is 0 Å². The standard InChI is InChI=1S/C26H29NO3/c1-18(28)23-14-21-15-24(29-2)25(30-3)16-22(21)26(20-12-8-5-9-13-20)27(23)17-19-10-6-4-7-11-19/h4-13,15-16,18,23,26,28H,14,17H2,1-3H3/t18-,23+,26-/m1/s1. The van der Waals surface area contributed by atoms with E-state index in [1.165, 1.54) is 22.3 Å². The van der Waals surface area contributed by atoms with Gasteiger partial charge in [0, 0.05) is 12.6 Å². The van der Waals surface area contributed by atoms with E-state index >= 15 is 0 Å². The fourth-order valence-electron chi connectivity index (χ4n) is 4.54. The lowest BCUT2D eigenvalue weighted by atomic mass is 9.82. The Morgan fingerprint density at radius 3 is 2.13 bits per heavy atom. The van der Waals surface area contributed by atoms with Gasteiger partial charge in [-0.1, -0.05) is 60.7 Å². The summed E-state index contributed by atoms with van der Waals surface area (Å²) in [5.41, 5.74) is 4.82. The molecule has 0 radical (unpaired) electrons. The SMILES string of the molecule is COc1cc2c(cc1OC)[C@@H](c1ccccc1)N(Cc1ccccc1)[C@H]([C@@H](C)O)C2. The summed E-state index contributed by atoms with van der Waals surface area (Å²) in [6.07, 6.45) is 0.282. The van der Waals surface area contributed by atoms with Gasteiger partial charge in [-0.3, -0.25) is 4.90 Å². The molecular weight excluding hydrogens is 374 g/mol. The maximum Gasteiger partial charge on any atom is 0.161 e. The number of nitrogens with zero attached hydrogens (tertiary/aromatic N) is 1. The highest BCUT2D eigenvalue weighted by Crippen LogP contribution is 2.44. The number of hydrogen-bond donors (Lipinski definition) is 1. The van der Waals surface area contributed by atoms with Gasteiger partial charge in [-0.15, -0.1) is 0 Å². The summed E-state index contributed by atoms with van der Waals surface area (Å²) < 4.78 is 11.2. The Morgan fingerprint density at radius 1 is 0.933 bits per heavy atom. The lowest BCUT2D eigenvalue weighted by Crippen LogP contribution is -2.49. The van der Waals surface area contributed by atoms with Crippen LogP contribution in [0.2, 0.25) is 0 Å². The van der Waals surface area contributed by atoms with Crippen molar-refractivity contribution in [2.75, 3.05) is 14.2 Å². The molecule has 4 heteroatoms. The number of aliphatic hydroxyl groups is 1. The van der Waals surface area contributed by atoms with Gasteiger partial charge in [0.1, 0.15) is 0 Å². The smallest absolute Gasteiger partial charge is 0.161 e. The minimum atomic E-state index is -0.471. The van der Waals surface area contributed by atoms with Crippen molar-refractivity contribution in [3.05, 3.63) is 95.1 Å².